The first-order valence-electron chi connectivity index (χ1n) is 8.40. The quantitative estimate of drug-likeness (QED) is 0.571. The molecule has 2 N–H and O–H groups in total. The zero-order valence-corrected chi connectivity index (χ0v) is 17.6. The molecule has 0 aliphatic carbocycles. The summed E-state index contributed by atoms with van der Waals surface area (Å²) in [6.07, 6.45) is 2.43. The predicted octanol–water partition coefficient (Wildman–Crippen LogP) is 2.55. The van der Waals surface area contributed by atoms with Crippen LogP contribution in [0.4, 0.5) is 0 Å². The van der Waals surface area contributed by atoms with Crippen LogP contribution in [0.2, 0.25) is 10.0 Å². The minimum Gasteiger partial charge on any atom is -0.347 e. The van der Waals surface area contributed by atoms with Gasteiger partial charge < -0.3 is 5.32 Å². The van der Waals surface area contributed by atoms with Gasteiger partial charge in [-0.1, -0.05) is 58.7 Å². The summed E-state index contributed by atoms with van der Waals surface area (Å²) in [5, 5.41) is 11.1. The summed E-state index contributed by atoms with van der Waals surface area (Å²) in [6, 6.07) is 12.2. The Balaban J connectivity index is 1.71. The fraction of sp³-hybridized carbons (Fsp3) is 0.167. The Labute approximate surface area is 177 Å². The van der Waals surface area contributed by atoms with Crippen LogP contribution in [0, 0.1) is 0 Å². The van der Waals surface area contributed by atoms with Crippen LogP contribution < -0.4 is 10.0 Å². The molecule has 0 spiro atoms. The smallest absolute Gasteiger partial charge is 0.271 e. The molecule has 3 rings (SSSR count). The fourth-order valence-corrected chi connectivity index (χ4v) is 3.37. The van der Waals surface area contributed by atoms with Crippen LogP contribution in [0.1, 0.15) is 21.6 Å². The van der Waals surface area contributed by atoms with Gasteiger partial charge in [0.2, 0.25) is 10.0 Å². The molecule has 1 heterocycles. The van der Waals surface area contributed by atoms with Gasteiger partial charge in [0.15, 0.2) is 5.69 Å². The predicted molar refractivity (Wildman–Crippen MR) is 111 cm³/mol. The lowest BCUT2D eigenvalue weighted by Crippen LogP contribution is -2.25. The molecule has 152 valence electrons. The zero-order chi connectivity index (χ0) is 21.0. The van der Waals surface area contributed by atoms with E-state index in [1.807, 2.05) is 12.1 Å². The summed E-state index contributed by atoms with van der Waals surface area (Å²) in [5.74, 6) is -0.397. The maximum Gasteiger partial charge on any atom is 0.271 e. The molecule has 8 nitrogen and oxygen atoms in total. The Bertz CT molecular complexity index is 1150. The number of nitrogens with zero attached hydrogens (tertiary/aromatic N) is 3. The van der Waals surface area contributed by atoms with E-state index in [2.05, 4.69) is 20.4 Å². The molecule has 1 aromatic heterocycles. The molecular formula is C18H17Cl2N5O3S. The molecule has 11 heteroatoms. The average molecular weight is 454 g/mol. The number of sulfonamides is 1. The first kappa shape index (κ1) is 21.3. The molecule has 0 fully saturated rings. The van der Waals surface area contributed by atoms with Crippen molar-refractivity contribution < 1.29 is 13.2 Å². The van der Waals surface area contributed by atoms with Gasteiger partial charge >= 0.3 is 0 Å². The molecule has 0 aliphatic heterocycles. The number of hydrogen-bond donors (Lipinski definition) is 2. The van der Waals surface area contributed by atoms with Gasteiger partial charge in [0.1, 0.15) is 0 Å². The van der Waals surface area contributed by atoms with E-state index in [-0.39, 0.29) is 23.8 Å². The maximum atomic E-state index is 12.6. The van der Waals surface area contributed by atoms with Crippen molar-refractivity contribution in [2.45, 2.75) is 13.1 Å². The molecule has 2 aromatic carbocycles. The number of halogens is 2. The van der Waals surface area contributed by atoms with Crippen LogP contribution in [-0.4, -0.2) is 35.6 Å². The van der Waals surface area contributed by atoms with E-state index in [4.69, 9.17) is 23.2 Å². The monoisotopic (exact) mass is 453 g/mol. The SMILES string of the molecule is CS(=O)(=O)NCc1cccc(CNC(=O)c2cnnn2-c2cccc(Cl)c2Cl)c1. The van der Waals surface area contributed by atoms with E-state index in [0.717, 1.165) is 17.4 Å². The summed E-state index contributed by atoms with van der Waals surface area (Å²) in [4.78, 5) is 12.6. The summed E-state index contributed by atoms with van der Waals surface area (Å²) in [6.45, 7) is 0.407. The van der Waals surface area contributed by atoms with Gasteiger partial charge in [-0.15, -0.1) is 5.10 Å². The van der Waals surface area contributed by atoms with Crippen molar-refractivity contribution in [3.05, 3.63) is 75.5 Å². The van der Waals surface area contributed by atoms with Gasteiger partial charge in [0, 0.05) is 13.1 Å². The van der Waals surface area contributed by atoms with Crippen LogP contribution in [0.3, 0.4) is 0 Å². The standard InChI is InChI=1S/C18H17Cl2N5O3S/c1-29(27,28)23-10-13-5-2-4-12(8-13)9-21-18(26)16-11-22-24-25(16)15-7-3-6-14(19)17(15)20/h2-8,11,23H,9-10H2,1H3,(H,21,26). The Morgan fingerprint density at radius 2 is 1.79 bits per heavy atom. The molecule has 0 bridgehead atoms. The van der Waals surface area contributed by atoms with Gasteiger partial charge in [-0.2, -0.15) is 0 Å². The summed E-state index contributed by atoms with van der Waals surface area (Å²) in [7, 11) is -3.28. The molecule has 0 aliphatic rings. The molecule has 0 unspecified atom stereocenters. The van der Waals surface area contributed by atoms with Crippen LogP contribution >= 0.6 is 23.2 Å². The van der Waals surface area contributed by atoms with Crippen molar-refractivity contribution in [1.82, 2.24) is 25.0 Å². The molecule has 1 amide bonds. The van der Waals surface area contributed by atoms with E-state index in [1.165, 1.54) is 10.9 Å². The number of nitrogens with one attached hydrogen (secondary N) is 2. The molecule has 0 saturated heterocycles. The number of carbonyl (C=O) groups is 1. The molecule has 0 radical (unpaired) electrons. The van der Waals surface area contributed by atoms with Crippen molar-refractivity contribution in [3.8, 4) is 5.69 Å². The second kappa shape index (κ2) is 8.91. The van der Waals surface area contributed by atoms with E-state index in [0.29, 0.717) is 10.7 Å². The van der Waals surface area contributed by atoms with Gasteiger partial charge in [0.05, 0.1) is 28.2 Å². The van der Waals surface area contributed by atoms with Crippen molar-refractivity contribution in [1.29, 1.82) is 0 Å². The maximum absolute atomic E-state index is 12.6. The molecule has 3 aromatic rings. The molecule has 0 saturated carbocycles. The number of rotatable bonds is 7. The van der Waals surface area contributed by atoms with Crippen molar-refractivity contribution in [2.24, 2.45) is 0 Å². The third-order valence-corrected chi connectivity index (χ3v) is 5.40. The largest absolute Gasteiger partial charge is 0.347 e. The first-order chi connectivity index (χ1) is 13.7. The number of aromatic nitrogens is 3. The second-order valence-electron chi connectivity index (χ2n) is 6.20. The van der Waals surface area contributed by atoms with Crippen LogP contribution in [0.15, 0.2) is 48.7 Å². The molecule has 0 atom stereocenters. The third-order valence-electron chi connectivity index (χ3n) is 3.92. The Morgan fingerprint density at radius 1 is 1.10 bits per heavy atom. The Morgan fingerprint density at radius 3 is 2.52 bits per heavy atom. The van der Waals surface area contributed by atoms with Gasteiger partial charge in [-0.05, 0) is 23.3 Å². The lowest BCUT2D eigenvalue weighted by molar-refractivity contribution is 0.0943. The first-order valence-corrected chi connectivity index (χ1v) is 11.0. The Kier molecular flexibility index (Phi) is 6.53. The summed E-state index contributed by atoms with van der Waals surface area (Å²) < 4.78 is 26.2. The number of carbonyl (C=O) groups excluding carboxylic acids is 1. The highest BCUT2D eigenvalue weighted by Gasteiger charge is 2.17. The van der Waals surface area contributed by atoms with Crippen molar-refractivity contribution in [2.75, 3.05) is 6.26 Å². The van der Waals surface area contributed by atoms with Crippen LogP contribution in [0.25, 0.3) is 5.69 Å². The van der Waals surface area contributed by atoms with Gasteiger partial charge in [-0.25, -0.2) is 17.8 Å². The summed E-state index contributed by atoms with van der Waals surface area (Å²) in [5.41, 5.74) is 2.23. The van der Waals surface area contributed by atoms with E-state index in [1.54, 1.807) is 30.3 Å². The van der Waals surface area contributed by atoms with Gasteiger partial charge in [0.25, 0.3) is 5.91 Å². The van der Waals surface area contributed by atoms with E-state index < -0.39 is 15.9 Å². The lowest BCUT2D eigenvalue weighted by atomic mass is 10.1. The highest BCUT2D eigenvalue weighted by atomic mass is 35.5. The van der Waals surface area contributed by atoms with Crippen LogP contribution in [-0.2, 0) is 23.1 Å². The third kappa shape index (κ3) is 5.54. The lowest BCUT2D eigenvalue weighted by Gasteiger charge is -2.10. The minimum absolute atomic E-state index is 0.171. The highest BCUT2D eigenvalue weighted by molar-refractivity contribution is 7.88. The number of hydrogen-bond acceptors (Lipinski definition) is 5. The van der Waals surface area contributed by atoms with Crippen molar-refractivity contribution >= 4 is 39.1 Å². The van der Waals surface area contributed by atoms with Crippen molar-refractivity contribution in [3.63, 3.8) is 0 Å². The number of amides is 1. The van der Waals surface area contributed by atoms with Gasteiger partial charge in [-0.3, -0.25) is 4.79 Å². The molecule has 29 heavy (non-hydrogen) atoms. The minimum atomic E-state index is -3.28. The Hall–Kier alpha value is -2.46. The normalized spacial score (nSPS) is 11.4. The molecular weight excluding hydrogens is 437 g/mol. The topological polar surface area (TPSA) is 106 Å². The number of benzene rings is 2. The average Bonchev–Trinajstić information content (AvgIpc) is 3.16. The second-order valence-corrected chi connectivity index (χ2v) is 8.82. The van der Waals surface area contributed by atoms with E-state index in [9.17, 15) is 13.2 Å². The fourth-order valence-electron chi connectivity index (χ4n) is 2.56. The summed E-state index contributed by atoms with van der Waals surface area (Å²) >= 11 is 12.2. The van der Waals surface area contributed by atoms with Crippen LogP contribution in [0.5, 0.6) is 0 Å². The highest BCUT2D eigenvalue weighted by Crippen LogP contribution is 2.28. The van der Waals surface area contributed by atoms with E-state index >= 15 is 0 Å². The zero-order valence-electron chi connectivity index (χ0n) is 15.3.